The van der Waals surface area contributed by atoms with Gasteiger partial charge in [-0.05, 0) is 57.4 Å². The molecule has 7 nitrogen and oxygen atoms in total. The smallest absolute Gasteiger partial charge is 0.278 e. The fraction of sp³-hybridized carbons (Fsp3) is 0.550. The van der Waals surface area contributed by atoms with Crippen LogP contribution in [0, 0.1) is 0 Å². The minimum atomic E-state index is -0.223. The maximum absolute atomic E-state index is 12.6. The van der Waals surface area contributed by atoms with Crippen molar-refractivity contribution in [1.82, 2.24) is 4.90 Å². The van der Waals surface area contributed by atoms with Crippen LogP contribution in [0.1, 0.15) is 40.0 Å². The Balaban J connectivity index is 1.86. The van der Waals surface area contributed by atoms with Crippen LogP contribution >= 0.6 is 0 Å². The molecule has 0 aliphatic carbocycles. The summed E-state index contributed by atoms with van der Waals surface area (Å²) < 4.78 is 0. The third-order valence-electron chi connectivity index (χ3n) is 5.02. The van der Waals surface area contributed by atoms with Gasteiger partial charge in [-0.2, -0.15) is 0 Å². The van der Waals surface area contributed by atoms with E-state index in [1.54, 1.807) is 29.2 Å². The van der Waals surface area contributed by atoms with E-state index in [1.165, 1.54) is 18.2 Å². The molecule has 1 heterocycles. The lowest BCUT2D eigenvalue weighted by Gasteiger charge is -2.31. The van der Waals surface area contributed by atoms with Crippen molar-refractivity contribution in [3.05, 3.63) is 24.3 Å². The molecule has 3 amide bonds. The first-order valence-corrected chi connectivity index (χ1v) is 9.69. The van der Waals surface area contributed by atoms with Crippen LogP contribution in [0.4, 0.5) is 11.4 Å². The van der Waals surface area contributed by atoms with Gasteiger partial charge in [0, 0.05) is 24.8 Å². The predicted molar refractivity (Wildman–Crippen MR) is 106 cm³/mol. The number of likely N-dealkylation sites (N-methyl/N-ethyl adjacent to an activating group) is 1. The largest absolute Gasteiger partial charge is 0.329 e. The number of nitrogens with zero attached hydrogens (tertiary/aromatic N) is 1. The Morgan fingerprint density at radius 3 is 2.30 bits per heavy atom. The van der Waals surface area contributed by atoms with E-state index in [-0.39, 0.29) is 24.3 Å². The number of anilines is 2. The van der Waals surface area contributed by atoms with Gasteiger partial charge in [0.05, 0.1) is 12.6 Å². The molecule has 1 fully saturated rings. The lowest BCUT2D eigenvalue weighted by atomic mass is 10.0. The van der Waals surface area contributed by atoms with Gasteiger partial charge in [-0.1, -0.05) is 0 Å². The van der Waals surface area contributed by atoms with Crippen molar-refractivity contribution in [2.24, 2.45) is 0 Å². The molecule has 0 radical (unpaired) electrons. The highest BCUT2D eigenvalue weighted by Gasteiger charge is 2.27. The van der Waals surface area contributed by atoms with Crippen molar-refractivity contribution in [2.45, 2.75) is 46.1 Å². The number of rotatable bonds is 7. The van der Waals surface area contributed by atoms with Crippen LogP contribution in [-0.2, 0) is 14.4 Å². The summed E-state index contributed by atoms with van der Waals surface area (Å²) in [6.07, 6.45) is 3.55. The molecular formula is C20H31N4O3+. The lowest BCUT2D eigenvalue weighted by molar-refractivity contribution is -0.921. The van der Waals surface area contributed by atoms with E-state index in [1.807, 2.05) is 6.92 Å². The van der Waals surface area contributed by atoms with Crippen LogP contribution < -0.4 is 15.5 Å². The SMILES string of the molecule is CCN(CC(=O)Nc1ccc(NC(C)=O)cc1)C(=O)C[NH+]1CCCC[C@H]1C. The zero-order valence-corrected chi connectivity index (χ0v) is 16.5. The zero-order chi connectivity index (χ0) is 19.8. The second kappa shape index (κ2) is 10.1. The molecule has 1 aliphatic rings. The van der Waals surface area contributed by atoms with Gasteiger partial charge in [0.1, 0.15) is 6.54 Å². The monoisotopic (exact) mass is 375 g/mol. The van der Waals surface area contributed by atoms with Crippen molar-refractivity contribution in [3.63, 3.8) is 0 Å². The highest BCUT2D eigenvalue weighted by molar-refractivity contribution is 5.95. The van der Waals surface area contributed by atoms with Crippen LogP contribution in [-0.4, -0.2) is 54.8 Å². The summed E-state index contributed by atoms with van der Waals surface area (Å²) in [6.45, 7) is 7.56. The Morgan fingerprint density at radius 1 is 1.11 bits per heavy atom. The fourth-order valence-electron chi connectivity index (χ4n) is 3.41. The van der Waals surface area contributed by atoms with Gasteiger partial charge in [0.25, 0.3) is 5.91 Å². The van der Waals surface area contributed by atoms with Crippen LogP contribution in [0.3, 0.4) is 0 Å². The quantitative estimate of drug-likeness (QED) is 0.662. The van der Waals surface area contributed by atoms with E-state index in [2.05, 4.69) is 17.6 Å². The Kier molecular flexibility index (Phi) is 7.79. The third-order valence-corrected chi connectivity index (χ3v) is 5.02. The molecule has 0 saturated carbocycles. The summed E-state index contributed by atoms with van der Waals surface area (Å²) in [5.41, 5.74) is 1.30. The number of benzene rings is 1. The number of carbonyl (C=O) groups is 3. The first-order valence-electron chi connectivity index (χ1n) is 9.69. The minimum Gasteiger partial charge on any atom is -0.329 e. The number of amides is 3. The average Bonchev–Trinajstić information content (AvgIpc) is 2.62. The summed E-state index contributed by atoms with van der Waals surface area (Å²) in [4.78, 5) is 38.9. The second-order valence-electron chi connectivity index (χ2n) is 7.20. The van der Waals surface area contributed by atoms with Crippen LogP contribution in [0.5, 0.6) is 0 Å². The maximum atomic E-state index is 12.6. The third kappa shape index (κ3) is 6.67. The van der Waals surface area contributed by atoms with Gasteiger partial charge in [-0.3, -0.25) is 14.4 Å². The van der Waals surface area contributed by atoms with Gasteiger partial charge >= 0.3 is 0 Å². The van der Waals surface area contributed by atoms with E-state index >= 15 is 0 Å². The van der Waals surface area contributed by atoms with Gasteiger partial charge in [0.2, 0.25) is 11.8 Å². The number of piperidine rings is 1. The van der Waals surface area contributed by atoms with Crippen molar-refractivity contribution in [1.29, 1.82) is 0 Å². The molecule has 0 aromatic heterocycles. The Labute approximate surface area is 161 Å². The summed E-state index contributed by atoms with van der Waals surface area (Å²) >= 11 is 0. The van der Waals surface area contributed by atoms with Crippen LogP contribution in [0.2, 0.25) is 0 Å². The molecule has 1 unspecified atom stereocenters. The second-order valence-corrected chi connectivity index (χ2v) is 7.20. The fourth-order valence-corrected chi connectivity index (χ4v) is 3.41. The molecule has 7 heteroatoms. The molecular weight excluding hydrogens is 344 g/mol. The van der Waals surface area contributed by atoms with E-state index in [0.717, 1.165) is 19.4 Å². The predicted octanol–water partition coefficient (Wildman–Crippen LogP) is 0.889. The normalized spacial score (nSPS) is 19.2. The van der Waals surface area contributed by atoms with Gasteiger partial charge in [-0.15, -0.1) is 0 Å². The van der Waals surface area contributed by atoms with Crippen LogP contribution in [0.25, 0.3) is 0 Å². The summed E-state index contributed by atoms with van der Waals surface area (Å²) in [6, 6.07) is 7.39. The number of hydrogen-bond acceptors (Lipinski definition) is 3. The Morgan fingerprint density at radius 2 is 1.74 bits per heavy atom. The molecule has 27 heavy (non-hydrogen) atoms. The van der Waals surface area contributed by atoms with Crippen molar-refractivity contribution >= 4 is 29.1 Å². The minimum absolute atomic E-state index is 0.0254. The molecule has 0 bridgehead atoms. The van der Waals surface area contributed by atoms with Crippen molar-refractivity contribution in [2.75, 3.05) is 36.8 Å². The first-order chi connectivity index (χ1) is 12.9. The highest BCUT2D eigenvalue weighted by atomic mass is 16.2. The molecule has 0 spiro atoms. The summed E-state index contributed by atoms with van der Waals surface area (Å²) in [7, 11) is 0. The molecule has 1 saturated heterocycles. The van der Waals surface area contributed by atoms with Gasteiger partial charge in [-0.25, -0.2) is 0 Å². The van der Waals surface area contributed by atoms with E-state index in [9.17, 15) is 14.4 Å². The number of carbonyl (C=O) groups excluding carboxylic acids is 3. The molecule has 3 N–H and O–H groups in total. The highest BCUT2D eigenvalue weighted by Crippen LogP contribution is 2.13. The van der Waals surface area contributed by atoms with Gasteiger partial charge in [0.15, 0.2) is 6.54 Å². The maximum Gasteiger partial charge on any atom is 0.278 e. The van der Waals surface area contributed by atoms with Crippen molar-refractivity contribution in [3.8, 4) is 0 Å². The lowest BCUT2D eigenvalue weighted by Crippen LogP contribution is -3.17. The van der Waals surface area contributed by atoms with Gasteiger partial charge < -0.3 is 20.4 Å². The van der Waals surface area contributed by atoms with E-state index in [4.69, 9.17) is 0 Å². The molecule has 1 aromatic carbocycles. The number of hydrogen-bond donors (Lipinski definition) is 3. The zero-order valence-electron chi connectivity index (χ0n) is 16.5. The first kappa shape index (κ1) is 20.9. The average molecular weight is 375 g/mol. The Bertz CT molecular complexity index is 660. The Hall–Kier alpha value is -2.41. The number of nitrogens with one attached hydrogen (secondary N) is 3. The molecule has 2 atom stereocenters. The van der Waals surface area contributed by atoms with E-state index in [0.29, 0.717) is 30.5 Å². The number of quaternary nitrogens is 1. The molecule has 1 aromatic rings. The molecule has 148 valence electrons. The molecule has 2 rings (SSSR count). The molecule has 1 aliphatic heterocycles. The van der Waals surface area contributed by atoms with Crippen LogP contribution in [0.15, 0.2) is 24.3 Å². The standard InChI is InChI=1S/C20H30N4O3/c1-4-23(20(27)14-24-12-6-5-7-15(24)2)13-19(26)22-18-10-8-17(9-11-18)21-16(3)25/h8-11,15H,4-7,12-14H2,1-3H3,(H,21,25)(H,22,26)/p+1/t15-/m1/s1. The topological polar surface area (TPSA) is 83.0 Å². The van der Waals surface area contributed by atoms with E-state index < -0.39 is 0 Å². The number of likely N-dealkylation sites (tertiary alicyclic amines) is 1. The van der Waals surface area contributed by atoms with Crippen molar-refractivity contribution < 1.29 is 19.3 Å². The summed E-state index contributed by atoms with van der Waals surface area (Å²) in [5, 5.41) is 5.48. The summed E-state index contributed by atoms with van der Waals surface area (Å²) in [5.74, 6) is -0.342.